The molecule has 0 bridgehead atoms. The fourth-order valence-corrected chi connectivity index (χ4v) is 3.66. The summed E-state index contributed by atoms with van der Waals surface area (Å²) in [7, 11) is 0. The van der Waals surface area contributed by atoms with Crippen molar-refractivity contribution in [3.8, 4) is 0 Å². The molecule has 2 aromatic heterocycles. The van der Waals surface area contributed by atoms with E-state index in [4.69, 9.17) is 11.6 Å². The molecule has 4 aromatic rings. The van der Waals surface area contributed by atoms with E-state index in [-0.39, 0.29) is 5.91 Å². The van der Waals surface area contributed by atoms with Gasteiger partial charge in [0.05, 0.1) is 28.8 Å². The van der Waals surface area contributed by atoms with Gasteiger partial charge in [0, 0.05) is 13.0 Å². The number of H-pyrrole nitrogens is 1. The van der Waals surface area contributed by atoms with Gasteiger partial charge in [-0.05, 0) is 31.0 Å². The highest BCUT2D eigenvalue weighted by Crippen LogP contribution is 2.21. The molecule has 2 aromatic carbocycles. The highest BCUT2D eigenvalue weighted by atomic mass is 35.5. The molecule has 148 valence electrons. The standard InChI is InChI=1S/C22H22ClN5O/c1-15-20(21(23)28(27-15)14-16-8-3-2-4-9-16)22(29)24-13-7-12-19-25-17-10-5-6-11-18(17)26-19/h2-6,8-11H,7,12-14H2,1H3,(H,24,29)(H,25,26). The third-order valence-electron chi connectivity index (χ3n) is 4.78. The molecule has 2 heterocycles. The fourth-order valence-electron chi connectivity index (χ4n) is 3.34. The molecule has 0 aliphatic heterocycles. The summed E-state index contributed by atoms with van der Waals surface area (Å²) >= 11 is 6.45. The van der Waals surface area contributed by atoms with E-state index < -0.39 is 0 Å². The van der Waals surface area contributed by atoms with Crippen LogP contribution in [0.2, 0.25) is 5.15 Å². The van der Waals surface area contributed by atoms with E-state index in [9.17, 15) is 4.79 Å². The van der Waals surface area contributed by atoms with Crippen LogP contribution >= 0.6 is 11.6 Å². The first-order valence-electron chi connectivity index (χ1n) is 9.60. The van der Waals surface area contributed by atoms with Crippen LogP contribution in [0.15, 0.2) is 54.6 Å². The van der Waals surface area contributed by atoms with Crippen molar-refractivity contribution in [2.75, 3.05) is 6.54 Å². The maximum atomic E-state index is 12.6. The van der Waals surface area contributed by atoms with Crippen LogP contribution in [0.1, 0.15) is 33.9 Å². The first kappa shape index (κ1) is 19.2. The number of hydrogen-bond donors (Lipinski definition) is 2. The zero-order valence-corrected chi connectivity index (χ0v) is 16.9. The lowest BCUT2D eigenvalue weighted by Gasteiger charge is -2.05. The topological polar surface area (TPSA) is 75.6 Å². The van der Waals surface area contributed by atoms with Crippen LogP contribution in [0, 0.1) is 6.92 Å². The summed E-state index contributed by atoms with van der Waals surface area (Å²) in [5, 5.41) is 7.74. The van der Waals surface area contributed by atoms with E-state index in [0.29, 0.717) is 29.5 Å². The zero-order valence-electron chi connectivity index (χ0n) is 16.2. The maximum Gasteiger partial charge on any atom is 0.256 e. The molecular weight excluding hydrogens is 386 g/mol. The molecule has 4 rings (SSSR count). The van der Waals surface area contributed by atoms with Gasteiger partial charge in [-0.25, -0.2) is 9.67 Å². The summed E-state index contributed by atoms with van der Waals surface area (Å²) in [5.74, 6) is 0.724. The number of fused-ring (bicyclic) bond motifs is 1. The van der Waals surface area contributed by atoms with Crippen LogP contribution in [0.4, 0.5) is 0 Å². The maximum absolute atomic E-state index is 12.6. The average Bonchev–Trinajstić information content (AvgIpc) is 3.26. The molecule has 7 heteroatoms. The molecule has 0 fully saturated rings. The van der Waals surface area contributed by atoms with Gasteiger partial charge in [-0.1, -0.05) is 54.1 Å². The van der Waals surface area contributed by atoms with Crippen LogP contribution in [0.5, 0.6) is 0 Å². The summed E-state index contributed by atoms with van der Waals surface area (Å²) in [6, 6.07) is 17.8. The van der Waals surface area contributed by atoms with Crippen LogP contribution < -0.4 is 5.32 Å². The Morgan fingerprint density at radius 2 is 1.90 bits per heavy atom. The van der Waals surface area contributed by atoms with Gasteiger partial charge in [-0.15, -0.1) is 0 Å². The van der Waals surface area contributed by atoms with E-state index in [1.807, 2.05) is 54.6 Å². The number of amides is 1. The van der Waals surface area contributed by atoms with Crippen LogP contribution in [0.25, 0.3) is 11.0 Å². The summed E-state index contributed by atoms with van der Waals surface area (Å²) in [4.78, 5) is 20.5. The number of imidazole rings is 1. The summed E-state index contributed by atoms with van der Waals surface area (Å²) < 4.78 is 1.66. The van der Waals surface area contributed by atoms with Crippen molar-refractivity contribution >= 4 is 28.5 Å². The van der Waals surface area contributed by atoms with Crippen molar-refractivity contribution in [1.29, 1.82) is 0 Å². The quantitative estimate of drug-likeness (QED) is 0.452. The van der Waals surface area contributed by atoms with Crippen molar-refractivity contribution in [2.24, 2.45) is 0 Å². The molecule has 6 nitrogen and oxygen atoms in total. The number of rotatable bonds is 7. The SMILES string of the molecule is Cc1nn(Cc2ccccc2)c(Cl)c1C(=O)NCCCc1nc2ccccc2[nH]1. The molecule has 0 saturated carbocycles. The van der Waals surface area contributed by atoms with Gasteiger partial charge in [0.2, 0.25) is 0 Å². The van der Waals surface area contributed by atoms with Gasteiger partial charge in [0.1, 0.15) is 11.0 Å². The van der Waals surface area contributed by atoms with E-state index >= 15 is 0 Å². The number of aromatic amines is 1. The molecular formula is C22H22ClN5O. The zero-order chi connectivity index (χ0) is 20.2. The van der Waals surface area contributed by atoms with E-state index in [1.54, 1.807) is 11.6 Å². The monoisotopic (exact) mass is 407 g/mol. The number of para-hydroxylation sites is 2. The minimum atomic E-state index is -0.198. The Bertz CT molecular complexity index is 1100. The van der Waals surface area contributed by atoms with Gasteiger partial charge < -0.3 is 10.3 Å². The predicted molar refractivity (Wildman–Crippen MR) is 114 cm³/mol. The highest BCUT2D eigenvalue weighted by Gasteiger charge is 2.20. The third-order valence-corrected chi connectivity index (χ3v) is 5.17. The number of carbonyl (C=O) groups excluding carboxylic acids is 1. The number of nitrogens with one attached hydrogen (secondary N) is 2. The molecule has 0 spiro atoms. The first-order chi connectivity index (χ1) is 14.1. The van der Waals surface area contributed by atoms with Crippen molar-refractivity contribution in [3.63, 3.8) is 0 Å². The molecule has 0 radical (unpaired) electrons. The van der Waals surface area contributed by atoms with E-state index in [1.165, 1.54) is 0 Å². The molecule has 29 heavy (non-hydrogen) atoms. The summed E-state index contributed by atoms with van der Waals surface area (Å²) in [6.45, 7) is 2.87. The van der Waals surface area contributed by atoms with Crippen molar-refractivity contribution in [1.82, 2.24) is 25.1 Å². The summed E-state index contributed by atoms with van der Waals surface area (Å²) in [5.41, 5.74) is 4.13. The number of carbonyl (C=O) groups is 1. The Balaban J connectivity index is 1.34. The minimum absolute atomic E-state index is 0.198. The molecule has 1 amide bonds. The van der Waals surface area contributed by atoms with Crippen molar-refractivity contribution in [2.45, 2.75) is 26.3 Å². The molecule has 0 atom stereocenters. The number of aromatic nitrogens is 4. The van der Waals surface area contributed by atoms with Gasteiger partial charge in [-0.3, -0.25) is 4.79 Å². The molecule has 0 unspecified atom stereocenters. The Morgan fingerprint density at radius 1 is 1.14 bits per heavy atom. The molecule has 0 saturated heterocycles. The largest absolute Gasteiger partial charge is 0.352 e. The Kier molecular flexibility index (Phi) is 5.62. The summed E-state index contributed by atoms with van der Waals surface area (Å²) in [6.07, 6.45) is 1.54. The van der Waals surface area contributed by atoms with Crippen molar-refractivity contribution < 1.29 is 4.79 Å². The van der Waals surface area contributed by atoms with Crippen LogP contribution in [-0.2, 0) is 13.0 Å². The predicted octanol–water partition coefficient (Wildman–Crippen LogP) is 4.13. The lowest BCUT2D eigenvalue weighted by atomic mass is 10.2. The second-order valence-corrected chi connectivity index (χ2v) is 7.31. The fraction of sp³-hybridized carbons (Fsp3) is 0.227. The number of aryl methyl sites for hydroxylation is 2. The smallest absolute Gasteiger partial charge is 0.256 e. The highest BCUT2D eigenvalue weighted by molar-refractivity contribution is 6.33. The lowest BCUT2D eigenvalue weighted by Crippen LogP contribution is -2.25. The van der Waals surface area contributed by atoms with Gasteiger partial charge >= 0.3 is 0 Å². The number of hydrogen-bond acceptors (Lipinski definition) is 3. The molecule has 0 aliphatic rings. The van der Waals surface area contributed by atoms with Gasteiger partial charge in [-0.2, -0.15) is 5.10 Å². The van der Waals surface area contributed by atoms with Crippen molar-refractivity contribution in [3.05, 3.63) is 82.4 Å². The Hall–Kier alpha value is -3.12. The second kappa shape index (κ2) is 8.49. The molecule has 0 aliphatic carbocycles. The first-order valence-corrected chi connectivity index (χ1v) is 9.98. The van der Waals surface area contributed by atoms with Gasteiger partial charge in [0.25, 0.3) is 5.91 Å². The number of halogens is 1. The lowest BCUT2D eigenvalue weighted by molar-refractivity contribution is 0.0952. The number of nitrogens with zero attached hydrogens (tertiary/aromatic N) is 3. The second-order valence-electron chi connectivity index (χ2n) is 6.95. The van der Waals surface area contributed by atoms with Crippen LogP contribution in [0.3, 0.4) is 0 Å². The van der Waals surface area contributed by atoms with E-state index in [0.717, 1.165) is 35.3 Å². The van der Waals surface area contributed by atoms with E-state index in [2.05, 4.69) is 20.4 Å². The van der Waals surface area contributed by atoms with Crippen LogP contribution in [-0.4, -0.2) is 32.2 Å². The average molecular weight is 408 g/mol. The van der Waals surface area contributed by atoms with Gasteiger partial charge in [0.15, 0.2) is 0 Å². The number of benzene rings is 2. The Morgan fingerprint density at radius 3 is 2.69 bits per heavy atom. The Labute approximate surface area is 173 Å². The normalized spacial score (nSPS) is 11.1. The third kappa shape index (κ3) is 4.32. The molecule has 2 N–H and O–H groups in total. The minimum Gasteiger partial charge on any atom is -0.352 e.